The Hall–Kier alpha value is -0.800. The summed E-state index contributed by atoms with van der Waals surface area (Å²) in [7, 11) is 0. The molecule has 1 rings (SSSR count). The number of halogens is 1. The summed E-state index contributed by atoms with van der Waals surface area (Å²) in [6, 6.07) is 1.78. The molecule has 0 amide bonds. The number of aliphatic hydroxyl groups excluding tert-OH is 1. The van der Waals surface area contributed by atoms with E-state index in [2.05, 4.69) is 23.7 Å². The molecule has 4 heteroatoms. The van der Waals surface area contributed by atoms with Crippen LogP contribution in [0.3, 0.4) is 0 Å². The summed E-state index contributed by atoms with van der Waals surface area (Å²) in [5, 5.41) is 9.59. The van der Waals surface area contributed by atoms with Gasteiger partial charge in [-0.2, -0.15) is 0 Å². The second kappa shape index (κ2) is 6.71. The number of pyridine rings is 1. The maximum Gasteiger partial charge on any atom is 0.147 e. The van der Waals surface area contributed by atoms with Gasteiger partial charge in [-0.15, -0.1) is 0 Å². The van der Waals surface area contributed by atoms with Crippen molar-refractivity contribution >= 4 is 17.4 Å². The van der Waals surface area contributed by atoms with Gasteiger partial charge in [0.15, 0.2) is 0 Å². The molecule has 16 heavy (non-hydrogen) atoms. The lowest BCUT2D eigenvalue weighted by atomic mass is 10.2. The fraction of sp³-hybridized carbons (Fsp3) is 0.583. The van der Waals surface area contributed by atoms with Crippen molar-refractivity contribution in [2.75, 3.05) is 18.0 Å². The van der Waals surface area contributed by atoms with Crippen LogP contribution in [-0.2, 0) is 6.61 Å². The minimum atomic E-state index is -0.0198. The van der Waals surface area contributed by atoms with Gasteiger partial charge >= 0.3 is 0 Å². The Morgan fingerprint density at radius 3 is 2.69 bits per heavy atom. The highest BCUT2D eigenvalue weighted by Crippen LogP contribution is 2.24. The second-order valence-corrected chi connectivity index (χ2v) is 4.15. The van der Waals surface area contributed by atoms with Crippen molar-refractivity contribution in [2.45, 2.75) is 33.3 Å². The van der Waals surface area contributed by atoms with E-state index in [-0.39, 0.29) is 6.61 Å². The van der Waals surface area contributed by atoms with Crippen LogP contribution in [0.4, 0.5) is 5.82 Å². The van der Waals surface area contributed by atoms with Crippen molar-refractivity contribution in [1.29, 1.82) is 0 Å². The third-order valence-electron chi connectivity index (χ3n) is 2.52. The minimum absolute atomic E-state index is 0.0198. The molecule has 0 aliphatic heterocycles. The first-order chi connectivity index (χ1) is 7.72. The van der Waals surface area contributed by atoms with Crippen molar-refractivity contribution in [2.24, 2.45) is 0 Å². The molecule has 0 aliphatic rings. The zero-order chi connectivity index (χ0) is 12.0. The van der Waals surface area contributed by atoms with Gasteiger partial charge in [0.2, 0.25) is 0 Å². The summed E-state index contributed by atoms with van der Waals surface area (Å²) in [4.78, 5) is 6.47. The van der Waals surface area contributed by atoms with Gasteiger partial charge in [0.25, 0.3) is 0 Å². The molecule has 0 aromatic carbocycles. The van der Waals surface area contributed by atoms with Crippen LogP contribution in [-0.4, -0.2) is 23.2 Å². The van der Waals surface area contributed by atoms with E-state index in [4.69, 9.17) is 16.7 Å². The minimum Gasteiger partial charge on any atom is -0.392 e. The van der Waals surface area contributed by atoms with Gasteiger partial charge in [-0.25, -0.2) is 4.98 Å². The van der Waals surface area contributed by atoms with Crippen molar-refractivity contribution in [3.63, 3.8) is 0 Å². The first kappa shape index (κ1) is 13.3. The molecule has 0 bridgehead atoms. The van der Waals surface area contributed by atoms with Crippen LogP contribution in [0.1, 0.15) is 32.3 Å². The SMILES string of the molecule is CCCCN(CC)c1ncc(CO)cc1Cl. The predicted octanol–water partition coefficient (Wildman–Crippen LogP) is 2.85. The zero-order valence-corrected chi connectivity index (χ0v) is 10.7. The average molecular weight is 243 g/mol. The summed E-state index contributed by atoms with van der Waals surface area (Å²) < 4.78 is 0. The third kappa shape index (κ3) is 3.35. The van der Waals surface area contributed by atoms with E-state index < -0.39 is 0 Å². The van der Waals surface area contributed by atoms with Crippen LogP contribution >= 0.6 is 11.6 Å². The molecule has 0 radical (unpaired) electrons. The molecule has 0 unspecified atom stereocenters. The summed E-state index contributed by atoms with van der Waals surface area (Å²) in [5.41, 5.74) is 0.750. The van der Waals surface area contributed by atoms with Crippen molar-refractivity contribution in [1.82, 2.24) is 4.98 Å². The normalized spacial score (nSPS) is 10.5. The predicted molar refractivity (Wildman–Crippen MR) is 68.0 cm³/mol. The standard InChI is InChI=1S/C12H19ClN2O/c1-3-5-6-15(4-2)12-11(13)7-10(9-16)8-14-12/h7-8,16H,3-6,9H2,1-2H3. The first-order valence-corrected chi connectivity index (χ1v) is 6.10. The Morgan fingerprint density at radius 1 is 1.44 bits per heavy atom. The Labute approximate surface area is 102 Å². The fourth-order valence-corrected chi connectivity index (χ4v) is 1.86. The van der Waals surface area contributed by atoms with Crippen LogP contribution < -0.4 is 4.90 Å². The molecule has 0 atom stereocenters. The van der Waals surface area contributed by atoms with E-state index in [1.165, 1.54) is 0 Å². The van der Waals surface area contributed by atoms with E-state index in [0.29, 0.717) is 5.02 Å². The summed E-state index contributed by atoms with van der Waals surface area (Å²) in [6.45, 7) is 6.10. The molecule has 1 aromatic rings. The van der Waals surface area contributed by atoms with Crippen molar-refractivity contribution in [3.8, 4) is 0 Å². The van der Waals surface area contributed by atoms with E-state index in [0.717, 1.165) is 37.3 Å². The Balaban J connectivity index is 2.83. The van der Waals surface area contributed by atoms with E-state index in [1.54, 1.807) is 12.3 Å². The number of nitrogens with zero attached hydrogens (tertiary/aromatic N) is 2. The van der Waals surface area contributed by atoms with E-state index in [9.17, 15) is 0 Å². The first-order valence-electron chi connectivity index (χ1n) is 5.73. The molecular formula is C12H19ClN2O. The number of hydrogen-bond acceptors (Lipinski definition) is 3. The monoisotopic (exact) mass is 242 g/mol. The lowest BCUT2D eigenvalue weighted by Gasteiger charge is -2.22. The van der Waals surface area contributed by atoms with Gasteiger partial charge < -0.3 is 10.0 Å². The van der Waals surface area contributed by atoms with Crippen LogP contribution in [0.25, 0.3) is 0 Å². The molecule has 0 aliphatic carbocycles. The quantitative estimate of drug-likeness (QED) is 0.834. The average Bonchev–Trinajstić information content (AvgIpc) is 2.31. The summed E-state index contributed by atoms with van der Waals surface area (Å²) >= 11 is 6.15. The van der Waals surface area contributed by atoms with Gasteiger partial charge in [0.05, 0.1) is 11.6 Å². The maximum atomic E-state index is 8.98. The van der Waals surface area contributed by atoms with Gasteiger partial charge in [-0.05, 0) is 25.0 Å². The number of rotatable bonds is 6. The molecule has 1 N–H and O–H groups in total. The highest BCUT2D eigenvalue weighted by molar-refractivity contribution is 6.33. The topological polar surface area (TPSA) is 36.4 Å². The number of hydrogen-bond donors (Lipinski definition) is 1. The van der Waals surface area contributed by atoms with Crippen LogP contribution in [0.15, 0.2) is 12.3 Å². The zero-order valence-electron chi connectivity index (χ0n) is 9.91. The van der Waals surface area contributed by atoms with Crippen molar-refractivity contribution < 1.29 is 5.11 Å². The smallest absolute Gasteiger partial charge is 0.147 e. The Bertz CT molecular complexity index is 331. The molecule has 90 valence electrons. The number of aromatic nitrogens is 1. The summed E-state index contributed by atoms with van der Waals surface area (Å²) in [5.74, 6) is 0.815. The molecule has 3 nitrogen and oxygen atoms in total. The molecule has 0 saturated heterocycles. The highest BCUT2D eigenvalue weighted by atomic mass is 35.5. The molecule has 0 fully saturated rings. The maximum absolute atomic E-state index is 8.98. The highest BCUT2D eigenvalue weighted by Gasteiger charge is 2.10. The molecule has 1 heterocycles. The Kier molecular flexibility index (Phi) is 5.56. The van der Waals surface area contributed by atoms with Crippen molar-refractivity contribution in [3.05, 3.63) is 22.8 Å². The van der Waals surface area contributed by atoms with Gasteiger partial charge in [0, 0.05) is 19.3 Å². The molecule has 0 saturated carbocycles. The fourth-order valence-electron chi connectivity index (χ4n) is 1.55. The Morgan fingerprint density at radius 2 is 2.19 bits per heavy atom. The van der Waals surface area contributed by atoms with Gasteiger partial charge in [-0.1, -0.05) is 24.9 Å². The lowest BCUT2D eigenvalue weighted by Crippen LogP contribution is -2.25. The summed E-state index contributed by atoms with van der Waals surface area (Å²) in [6.07, 6.45) is 3.96. The molecular weight excluding hydrogens is 224 g/mol. The lowest BCUT2D eigenvalue weighted by molar-refractivity contribution is 0.281. The van der Waals surface area contributed by atoms with E-state index in [1.807, 2.05) is 0 Å². The molecule has 0 spiro atoms. The third-order valence-corrected chi connectivity index (χ3v) is 2.80. The van der Waals surface area contributed by atoms with Crippen LogP contribution in [0, 0.1) is 0 Å². The van der Waals surface area contributed by atoms with Gasteiger partial charge in [0.1, 0.15) is 5.82 Å². The number of aliphatic hydroxyl groups is 1. The molecule has 1 aromatic heterocycles. The van der Waals surface area contributed by atoms with Crippen LogP contribution in [0.2, 0.25) is 5.02 Å². The second-order valence-electron chi connectivity index (χ2n) is 3.74. The van der Waals surface area contributed by atoms with Crippen LogP contribution in [0.5, 0.6) is 0 Å². The number of unbranched alkanes of at least 4 members (excludes halogenated alkanes) is 1. The van der Waals surface area contributed by atoms with E-state index >= 15 is 0 Å². The largest absolute Gasteiger partial charge is 0.392 e. The number of anilines is 1. The van der Waals surface area contributed by atoms with Gasteiger partial charge in [-0.3, -0.25) is 0 Å².